The highest BCUT2D eigenvalue weighted by Crippen LogP contribution is 2.29. The molecule has 1 heterocycles. The topological polar surface area (TPSA) is 75.2 Å². The van der Waals surface area contributed by atoms with Crippen molar-refractivity contribution >= 4 is 11.6 Å². The molecule has 1 aromatic carbocycles. The minimum Gasteiger partial charge on any atom is -0.497 e. The Morgan fingerprint density at radius 2 is 1.95 bits per heavy atom. The van der Waals surface area contributed by atoms with E-state index in [1.807, 2.05) is 18.2 Å². The molecule has 2 rings (SSSR count). The molecule has 0 fully saturated rings. The number of hydrogen-bond donors (Lipinski definition) is 1. The fourth-order valence-electron chi connectivity index (χ4n) is 1.82. The van der Waals surface area contributed by atoms with Crippen molar-refractivity contribution in [2.24, 2.45) is 5.73 Å². The van der Waals surface area contributed by atoms with Crippen LogP contribution in [0.5, 0.6) is 11.5 Å². The third kappa shape index (κ3) is 2.50. The molecule has 7 heteroatoms. The Kier molecular flexibility index (Phi) is 4.24. The molecule has 2 N–H and O–H groups in total. The van der Waals surface area contributed by atoms with Crippen LogP contribution in [-0.4, -0.2) is 29.0 Å². The van der Waals surface area contributed by atoms with Gasteiger partial charge in [0.05, 0.1) is 32.3 Å². The average Bonchev–Trinajstić information content (AvgIpc) is 2.89. The highest BCUT2D eigenvalue weighted by molar-refractivity contribution is 6.16. The molecule has 0 saturated heterocycles. The van der Waals surface area contributed by atoms with E-state index < -0.39 is 0 Å². The largest absolute Gasteiger partial charge is 0.497 e. The molecule has 0 saturated carbocycles. The zero-order valence-corrected chi connectivity index (χ0v) is 11.5. The van der Waals surface area contributed by atoms with Crippen molar-refractivity contribution in [3.63, 3.8) is 0 Å². The van der Waals surface area contributed by atoms with E-state index in [0.717, 1.165) is 5.69 Å². The minimum absolute atomic E-state index is 0.230. The number of halogens is 1. The molecule has 6 nitrogen and oxygen atoms in total. The molecule has 0 aliphatic heterocycles. The van der Waals surface area contributed by atoms with Crippen molar-refractivity contribution in [2.45, 2.75) is 12.4 Å². The average molecular weight is 283 g/mol. The van der Waals surface area contributed by atoms with Gasteiger partial charge in [0.1, 0.15) is 11.5 Å². The highest BCUT2D eigenvalue weighted by atomic mass is 35.5. The summed E-state index contributed by atoms with van der Waals surface area (Å²) in [6.07, 6.45) is 0. The first-order valence-corrected chi connectivity index (χ1v) is 6.20. The van der Waals surface area contributed by atoms with Gasteiger partial charge in [0.25, 0.3) is 0 Å². The normalized spacial score (nSPS) is 10.5. The summed E-state index contributed by atoms with van der Waals surface area (Å²) >= 11 is 5.89. The number of nitrogens with two attached hydrogens (primary N) is 1. The van der Waals surface area contributed by atoms with E-state index >= 15 is 0 Å². The van der Waals surface area contributed by atoms with E-state index in [1.165, 1.54) is 0 Å². The first kappa shape index (κ1) is 13.6. The summed E-state index contributed by atoms with van der Waals surface area (Å²) in [6.45, 7) is 0.254. The van der Waals surface area contributed by atoms with Crippen LogP contribution >= 0.6 is 11.6 Å². The second-order valence-corrected chi connectivity index (χ2v) is 4.01. The maximum atomic E-state index is 5.89. The fourth-order valence-corrected chi connectivity index (χ4v) is 2.00. The van der Waals surface area contributed by atoms with E-state index in [2.05, 4.69) is 10.2 Å². The molecule has 1 aromatic heterocycles. The van der Waals surface area contributed by atoms with Crippen molar-refractivity contribution in [1.29, 1.82) is 0 Å². The second kappa shape index (κ2) is 5.90. The Balaban J connectivity index is 2.65. The fraction of sp³-hybridized carbons (Fsp3) is 0.333. The molecule has 0 aliphatic carbocycles. The molecule has 102 valence electrons. The number of nitrogens with zero attached hydrogens (tertiary/aromatic N) is 3. The summed E-state index contributed by atoms with van der Waals surface area (Å²) in [5.41, 5.74) is 6.43. The maximum Gasteiger partial charge on any atom is 0.152 e. The zero-order valence-electron chi connectivity index (χ0n) is 10.8. The Hall–Kier alpha value is -1.79. The van der Waals surface area contributed by atoms with Crippen molar-refractivity contribution in [3.05, 3.63) is 29.8 Å². The summed E-state index contributed by atoms with van der Waals surface area (Å²) in [7, 11) is 3.20. The first-order valence-electron chi connectivity index (χ1n) is 5.66. The summed E-state index contributed by atoms with van der Waals surface area (Å²) in [4.78, 5) is 0. The number of ether oxygens (including phenoxy) is 2. The molecule has 0 aliphatic rings. The molecule has 2 aromatic rings. The van der Waals surface area contributed by atoms with E-state index in [0.29, 0.717) is 23.1 Å². The quantitative estimate of drug-likeness (QED) is 0.841. The van der Waals surface area contributed by atoms with Crippen molar-refractivity contribution < 1.29 is 9.47 Å². The summed E-state index contributed by atoms with van der Waals surface area (Å²) in [5.74, 6) is 2.82. The van der Waals surface area contributed by atoms with Gasteiger partial charge in [0.15, 0.2) is 11.6 Å². The minimum atomic E-state index is 0.230. The lowest BCUT2D eigenvalue weighted by atomic mass is 10.2. The summed E-state index contributed by atoms with van der Waals surface area (Å²) in [5, 5.41) is 8.04. The SMILES string of the molecule is COc1ccc(OC)c(-n2c(CN)nnc2CCl)c1. The molecule has 0 bridgehead atoms. The monoisotopic (exact) mass is 282 g/mol. The number of methoxy groups -OCH3 is 2. The standard InChI is InChI=1S/C12H15ClN4O2/c1-18-8-3-4-10(19-2)9(5-8)17-11(6-13)15-16-12(17)7-14/h3-5H,6-7,14H2,1-2H3. The summed E-state index contributed by atoms with van der Waals surface area (Å²) < 4.78 is 12.4. The highest BCUT2D eigenvalue weighted by Gasteiger charge is 2.16. The third-order valence-corrected chi connectivity index (χ3v) is 2.97. The third-order valence-electron chi connectivity index (χ3n) is 2.73. The van der Waals surface area contributed by atoms with E-state index in [1.54, 1.807) is 18.8 Å². The van der Waals surface area contributed by atoms with Crippen LogP contribution in [0.2, 0.25) is 0 Å². The van der Waals surface area contributed by atoms with Gasteiger partial charge in [-0.15, -0.1) is 21.8 Å². The van der Waals surface area contributed by atoms with Gasteiger partial charge in [-0.3, -0.25) is 4.57 Å². The molecule has 0 amide bonds. The smallest absolute Gasteiger partial charge is 0.152 e. The number of benzene rings is 1. The molecule has 0 unspecified atom stereocenters. The Morgan fingerprint density at radius 3 is 2.53 bits per heavy atom. The zero-order chi connectivity index (χ0) is 13.8. The molecule has 0 radical (unpaired) electrons. The predicted molar refractivity (Wildman–Crippen MR) is 71.9 cm³/mol. The van der Waals surface area contributed by atoms with Gasteiger partial charge in [-0.2, -0.15) is 0 Å². The predicted octanol–water partition coefficient (Wildman–Crippen LogP) is 1.48. The van der Waals surface area contributed by atoms with Gasteiger partial charge in [-0.1, -0.05) is 0 Å². The number of alkyl halides is 1. The van der Waals surface area contributed by atoms with Crippen molar-refractivity contribution in [3.8, 4) is 17.2 Å². The van der Waals surface area contributed by atoms with Gasteiger partial charge in [0, 0.05) is 6.07 Å². The number of hydrogen-bond acceptors (Lipinski definition) is 5. The molecular weight excluding hydrogens is 268 g/mol. The van der Waals surface area contributed by atoms with Crippen molar-refractivity contribution in [1.82, 2.24) is 14.8 Å². The van der Waals surface area contributed by atoms with Crippen molar-refractivity contribution in [2.75, 3.05) is 14.2 Å². The second-order valence-electron chi connectivity index (χ2n) is 3.74. The molecular formula is C12H15ClN4O2. The van der Waals surface area contributed by atoms with Gasteiger partial charge in [-0.05, 0) is 12.1 Å². The van der Waals surface area contributed by atoms with E-state index in [9.17, 15) is 0 Å². The number of aromatic nitrogens is 3. The van der Waals surface area contributed by atoms with Crippen LogP contribution in [0, 0.1) is 0 Å². The van der Waals surface area contributed by atoms with Crippen LogP contribution in [-0.2, 0) is 12.4 Å². The Morgan fingerprint density at radius 1 is 1.21 bits per heavy atom. The van der Waals surface area contributed by atoms with E-state index in [4.69, 9.17) is 26.8 Å². The van der Waals surface area contributed by atoms with Crippen LogP contribution < -0.4 is 15.2 Å². The van der Waals surface area contributed by atoms with Gasteiger partial charge < -0.3 is 15.2 Å². The van der Waals surface area contributed by atoms with Crippen LogP contribution in [0.15, 0.2) is 18.2 Å². The molecule has 19 heavy (non-hydrogen) atoms. The van der Waals surface area contributed by atoms with Gasteiger partial charge in [0.2, 0.25) is 0 Å². The molecule has 0 spiro atoms. The van der Waals surface area contributed by atoms with Crippen LogP contribution in [0.3, 0.4) is 0 Å². The van der Waals surface area contributed by atoms with E-state index in [-0.39, 0.29) is 12.4 Å². The maximum absolute atomic E-state index is 5.89. The van der Waals surface area contributed by atoms with Crippen LogP contribution in [0.25, 0.3) is 5.69 Å². The molecule has 0 atom stereocenters. The number of rotatable bonds is 5. The van der Waals surface area contributed by atoms with Crippen LogP contribution in [0.4, 0.5) is 0 Å². The van der Waals surface area contributed by atoms with Crippen LogP contribution in [0.1, 0.15) is 11.6 Å². The lowest BCUT2D eigenvalue weighted by Crippen LogP contribution is -2.10. The Bertz CT molecular complexity index is 549. The summed E-state index contributed by atoms with van der Waals surface area (Å²) in [6, 6.07) is 5.46. The van der Waals surface area contributed by atoms with Gasteiger partial charge in [-0.25, -0.2) is 0 Å². The van der Waals surface area contributed by atoms with Gasteiger partial charge >= 0.3 is 0 Å². The lowest BCUT2D eigenvalue weighted by Gasteiger charge is -2.14. The Labute approximate surface area is 116 Å². The lowest BCUT2D eigenvalue weighted by molar-refractivity contribution is 0.401. The first-order chi connectivity index (χ1) is 9.24.